The Morgan fingerprint density at radius 1 is 1.28 bits per heavy atom. The minimum atomic E-state index is -3.54. The standard InChI is InChI=1S/C21H24F2N2O5S2/c1-2-29-18-14-15(5-7-17(18)30-21(22)23)6-8-19(26)25-11-9-16(10-12-25)24-32(27,28)20-4-3-13-31-20/h3-8,13-14,16,21,24H,2,9-12H2,1H3/b8-6+. The molecule has 0 saturated carbocycles. The monoisotopic (exact) mass is 486 g/mol. The van der Waals surface area contributed by atoms with Crippen molar-refractivity contribution < 1.29 is 31.5 Å². The van der Waals surface area contributed by atoms with Gasteiger partial charge in [0.2, 0.25) is 15.9 Å². The molecule has 0 radical (unpaired) electrons. The summed E-state index contributed by atoms with van der Waals surface area (Å²) in [4.78, 5) is 14.2. The minimum absolute atomic E-state index is 0.0719. The number of halogens is 2. The first-order chi connectivity index (χ1) is 15.3. The lowest BCUT2D eigenvalue weighted by atomic mass is 10.1. The van der Waals surface area contributed by atoms with E-state index in [2.05, 4.69) is 9.46 Å². The molecule has 0 bridgehead atoms. The summed E-state index contributed by atoms with van der Waals surface area (Å²) in [5.41, 5.74) is 0.599. The number of thiophene rings is 1. The predicted molar refractivity (Wildman–Crippen MR) is 118 cm³/mol. The molecule has 1 saturated heterocycles. The number of piperidine rings is 1. The summed E-state index contributed by atoms with van der Waals surface area (Å²) in [6, 6.07) is 7.45. The predicted octanol–water partition coefficient (Wildman–Crippen LogP) is 3.73. The molecule has 2 heterocycles. The van der Waals surface area contributed by atoms with Crippen LogP contribution in [0.25, 0.3) is 6.08 Å². The molecule has 0 unspecified atom stereocenters. The van der Waals surface area contributed by atoms with E-state index in [9.17, 15) is 22.0 Å². The Hall–Kier alpha value is -2.50. The van der Waals surface area contributed by atoms with Crippen molar-refractivity contribution in [1.82, 2.24) is 9.62 Å². The van der Waals surface area contributed by atoms with Crippen LogP contribution in [0.3, 0.4) is 0 Å². The van der Waals surface area contributed by atoms with Crippen molar-refractivity contribution in [1.29, 1.82) is 0 Å². The molecule has 0 aliphatic carbocycles. The van der Waals surface area contributed by atoms with Gasteiger partial charge in [-0.3, -0.25) is 4.79 Å². The molecular weight excluding hydrogens is 462 g/mol. The van der Waals surface area contributed by atoms with Crippen molar-refractivity contribution in [3.63, 3.8) is 0 Å². The molecule has 1 fully saturated rings. The molecule has 11 heteroatoms. The highest BCUT2D eigenvalue weighted by atomic mass is 32.2. The SMILES string of the molecule is CCOc1cc(/C=C/C(=O)N2CCC(NS(=O)(=O)c3cccs3)CC2)ccc1OC(F)F. The second kappa shape index (κ2) is 10.9. The number of alkyl halides is 2. The number of benzene rings is 1. The lowest BCUT2D eigenvalue weighted by Crippen LogP contribution is -2.46. The fourth-order valence-corrected chi connectivity index (χ4v) is 5.59. The van der Waals surface area contributed by atoms with Crippen molar-refractivity contribution in [2.75, 3.05) is 19.7 Å². The van der Waals surface area contributed by atoms with Crippen molar-refractivity contribution in [3.8, 4) is 11.5 Å². The van der Waals surface area contributed by atoms with Gasteiger partial charge in [-0.15, -0.1) is 11.3 Å². The topological polar surface area (TPSA) is 84.9 Å². The number of rotatable bonds is 9. The number of nitrogens with zero attached hydrogens (tertiary/aromatic N) is 1. The number of amides is 1. The van der Waals surface area contributed by atoms with E-state index in [-0.39, 0.29) is 34.3 Å². The van der Waals surface area contributed by atoms with Crippen LogP contribution in [0.4, 0.5) is 8.78 Å². The zero-order chi connectivity index (χ0) is 23.1. The van der Waals surface area contributed by atoms with Gasteiger partial charge in [-0.05, 0) is 55.0 Å². The first-order valence-electron chi connectivity index (χ1n) is 10.0. The number of hydrogen-bond acceptors (Lipinski definition) is 6. The second-order valence-corrected chi connectivity index (χ2v) is 9.89. The highest BCUT2D eigenvalue weighted by Gasteiger charge is 2.26. The summed E-state index contributed by atoms with van der Waals surface area (Å²) in [7, 11) is -3.54. The average molecular weight is 487 g/mol. The smallest absolute Gasteiger partial charge is 0.387 e. The van der Waals surface area contributed by atoms with E-state index in [4.69, 9.17) is 4.74 Å². The van der Waals surface area contributed by atoms with Crippen molar-refractivity contribution in [2.24, 2.45) is 0 Å². The summed E-state index contributed by atoms with van der Waals surface area (Å²) >= 11 is 1.16. The molecule has 1 aromatic carbocycles. The molecule has 174 valence electrons. The molecule has 0 spiro atoms. The molecular formula is C21H24F2N2O5S2. The molecule has 1 N–H and O–H groups in total. The summed E-state index contributed by atoms with van der Waals surface area (Å²) in [6.07, 6.45) is 3.99. The van der Waals surface area contributed by atoms with Crippen molar-refractivity contribution >= 4 is 33.3 Å². The highest BCUT2D eigenvalue weighted by Crippen LogP contribution is 2.30. The molecule has 7 nitrogen and oxygen atoms in total. The van der Waals surface area contributed by atoms with Crippen molar-refractivity contribution in [2.45, 2.75) is 36.6 Å². The summed E-state index contributed by atoms with van der Waals surface area (Å²) in [5, 5.41) is 1.71. The zero-order valence-electron chi connectivity index (χ0n) is 17.4. The Bertz CT molecular complexity index is 1030. The van der Waals surface area contributed by atoms with Crippen LogP contribution in [-0.2, 0) is 14.8 Å². The Kier molecular flexibility index (Phi) is 8.21. The van der Waals surface area contributed by atoms with Gasteiger partial charge in [0.15, 0.2) is 11.5 Å². The van der Waals surface area contributed by atoms with Crippen LogP contribution in [0.1, 0.15) is 25.3 Å². The van der Waals surface area contributed by atoms with Crippen LogP contribution < -0.4 is 14.2 Å². The Labute approximate surface area is 189 Å². The van der Waals surface area contributed by atoms with Crippen LogP contribution >= 0.6 is 11.3 Å². The number of ether oxygens (including phenoxy) is 2. The van der Waals surface area contributed by atoms with Crippen LogP contribution in [0, 0.1) is 0 Å². The highest BCUT2D eigenvalue weighted by molar-refractivity contribution is 7.91. The normalized spacial score (nSPS) is 15.4. The molecule has 0 atom stereocenters. The number of hydrogen-bond donors (Lipinski definition) is 1. The maximum absolute atomic E-state index is 12.5. The zero-order valence-corrected chi connectivity index (χ0v) is 19.0. The Morgan fingerprint density at radius 2 is 2.03 bits per heavy atom. The Morgan fingerprint density at radius 3 is 2.66 bits per heavy atom. The molecule has 32 heavy (non-hydrogen) atoms. The van der Waals surface area contributed by atoms with Gasteiger partial charge in [-0.25, -0.2) is 13.1 Å². The number of carbonyl (C=O) groups is 1. The van der Waals surface area contributed by atoms with E-state index in [0.29, 0.717) is 31.5 Å². The first-order valence-corrected chi connectivity index (χ1v) is 12.4. The number of carbonyl (C=O) groups excluding carboxylic acids is 1. The van der Waals surface area contributed by atoms with E-state index < -0.39 is 16.6 Å². The number of sulfonamides is 1. The molecule has 1 aliphatic heterocycles. The molecule has 2 aromatic rings. The largest absolute Gasteiger partial charge is 0.490 e. The third-order valence-corrected chi connectivity index (χ3v) is 7.71. The van der Waals surface area contributed by atoms with Gasteiger partial charge in [-0.1, -0.05) is 12.1 Å². The van der Waals surface area contributed by atoms with Gasteiger partial charge in [0.1, 0.15) is 4.21 Å². The van der Waals surface area contributed by atoms with Crippen LogP contribution in [0.2, 0.25) is 0 Å². The van der Waals surface area contributed by atoms with Gasteiger partial charge in [-0.2, -0.15) is 8.78 Å². The molecule has 3 rings (SSSR count). The van der Waals surface area contributed by atoms with E-state index in [1.54, 1.807) is 41.5 Å². The second-order valence-electron chi connectivity index (χ2n) is 7.00. The molecule has 1 amide bonds. The van der Waals surface area contributed by atoms with Crippen molar-refractivity contribution in [3.05, 3.63) is 47.4 Å². The number of nitrogens with one attached hydrogen (secondary N) is 1. The van der Waals surface area contributed by atoms with Crippen LogP contribution in [-0.4, -0.2) is 51.6 Å². The molecule has 1 aromatic heterocycles. The van der Waals surface area contributed by atoms with Gasteiger partial charge < -0.3 is 14.4 Å². The van der Waals surface area contributed by atoms with Gasteiger partial charge in [0, 0.05) is 25.2 Å². The molecule has 1 aliphatic rings. The fraction of sp³-hybridized carbons (Fsp3) is 0.381. The lowest BCUT2D eigenvalue weighted by molar-refractivity contribution is -0.126. The lowest BCUT2D eigenvalue weighted by Gasteiger charge is -2.31. The fourth-order valence-electron chi connectivity index (χ4n) is 3.27. The summed E-state index contributed by atoms with van der Waals surface area (Å²) in [6.45, 7) is -0.118. The van der Waals surface area contributed by atoms with Gasteiger partial charge in [0.25, 0.3) is 0 Å². The third kappa shape index (κ3) is 6.50. The average Bonchev–Trinajstić information content (AvgIpc) is 3.30. The van der Waals surface area contributed by atoms with Gasteiger partial charge in [0.05, 0.1) is 6.61 Å². The van der Waals surface area contributed by atoms with E-state index >= 15 is 0 Å². The quantitative estimate of drug-likeness (QED) is 0.546. The van der Waals surface area contributed by atoms with E-state index in [1.807, 2.05) is 0 Å². The van der Waals surface area contributed by atoms with E-state index in [1.165, 1.54) is 18.2 Å². The van der Waals surface area contributed by atoms with E-state index in [0.717, 1.165) is 11.3 Å². The van der Waals surface area contributed by atoms with Crippen LogP contribution in [0.15, 0.2) is 46.0 Å². The van der Waals surface area contributed by atoms with Crippen LogP contribution in [0.5, 0.6) is 11.5 Å². The first kappa shape index (κ1) is 24.1. The maximum atomic E-state index is 12.5. The summed E-state index contributed by atoms with van der Waals surface area (Å²) < 4.78 is 62.4. The third-order valence-electron chi connectivity index (χ3n) is 4.79. The maximum Gasteiger partial charge on any atom is 0.387 e. The summed E-state index contributed by atoms with van der Waals surface area (Å²) in [5.74, 6) is -0.117. The number of likely N-dealkylation sites (tertiary alicyclic amines) is 1. The van der Waals surface area contributed by atoms with Gasteiger partial charge >= 0.3 is 6.61 Å². The Balaban J connectivity index is 1.56. The minimum Gasteiger partial charge on any atom is -0.490 e.